The van der Waals surface area contributed by atoms with Crippen molar-refractivity contribution in [3.8, 4) is 5.75 Å². The summed E-state index contributed by atoms with van der Waals surface area (Å²) in [5.74, 6) is 1.34. The number of nitrogens with one attached hydrogen (secondary N) is 1. The minimum atomic E-state index is 0.165. The van der Waals surface area contributed by atoms with E-state index in [1.54, 1.807) is 6.20 Å². The maximum Gasteiger partial charge on any atom is 0.138 e. The molecule has 1 saturated heterocycles. The summed E-state index contributed by atoms with van der Waals surface area (Å²) >= 11 is 0. The van der Waals surface area contributed by atoms with Gasteiger partial charge in [0.2, 0.25) is 0 Å². The topological polar surface area (TPSA) is 43.4 Å². The van der Waals surface area contributed by atoms with Gasteiger partial charge in [-0.3, -0.25) is 4.98 Å². The molecule has 4 nitrogen and oxygen atoms in total. The third kappa shape index (κ3) is 4.42. The fraction of sp³-hybridized carbons (Fsp3) is 0.706. The molecule has 0 amide bonds. The van der Waals surface area contributed by atoms with Gasteiger partial charge in [-0.15, -0.1) is 0 Å². The van der Waals surface area contributed by atoms with Gasteiger partial charge in [-0.05, 0) is 51.8 Å². The highest BCUT2D eigenvalue weighted by Gasteiger charge is 2.32. The van der Waals surface area contributed by atoms with Crippen molar-refractivity contribution in [2.45, 2.75) is 58.8 Å². The summed E-state index contributed by atoms with van der Waals surface area (Å²) in [5.41, 5.74) is 1.20. The molecule has 1 aliphatic rings. The molecule has 3 atom stereocenters. The lowest BCUT2D eigenvalue weighted by molar-refractivity contribution is 0.0952. The van der Waals surface area contributed by atoms with Crippen molar-refractivity contribution in [2.24, 2.45) is 5.92 Å². The second kappa shape index (κ2) is 7.76. The highest BCUT2D eigenvalue weighted by Crippen LogP contribution is 2.34. The van der Waals surface area contributed by atoms with E-state index in [0.29, 0.717) is 5.92 Å². The third-order valence-electron chi connectivity index (χ3n) is 3.94. The molecule has 2 heterocycles. The number of nitrogens with zero attached hydrogens (tertiary/aromatic N) is 1. The second-order valence-corrected chi connectivity index (χ2v) is 6.08. The summed E-state index contributed by atoms with van der Waals surface area (Å²) in [6.45, 7) is 10.3. The van der Waals surface area contributed by atoms with Crippen LogP contribution in [0.15, 0.2) is 18.5 Å². The van der Waals surface area contributed by atoms with Crippen molar-refractivity contribution in [1.29, 1.82) is 0 Å². The average molecular weight is 292 g/mol. The normalized spacial score (nSPS) is 23.5. The van der Waals surface area contributed by atoms with E-state index in [2.05, 4.69) is 30.2 Å². The summed E-state index contributed by atoms with van der Waals surface area (Å²) in [4.78, 5) is 4.36. The van der Waals surface area contributed by atoms with Crippen molar-refractivity contribution in [3.63, 3.8) is 0 Å². The van der Waals surface area contributed by atoms with Gasteiger partial charge in [0, 0.05) is 24.8 Å². The Kier molecular flexibility index (Phi) is 6.00. The SMILES string of the molecule is CCCNC(c1cncc(OC(C)C)c1)C1CCOC1C. The zero-order chi connectivity index (χ0) is 15.2. The zero-order valence-corrected chi connectivity index (χ0v) is 13.6. The lowest BCUT2D eigenvalue weighted by Crippen LogP contribution is -2.32. The average Bonchev–Trinajstić information content (AvgIpc) is 2.85. The molecule has 21 heavy (non-hydrogen) atoms. The van der Waals surface area contributed by atoms with Gasteiger partial charge in [-0.2, -0.15) is 0 Å². The van der Waals surface area contributed by atoms with E-state index in [4.69, 9.17) is 9.47 Å². The molecule has 2 rings (SSSR count). The largest absolute Gasteiger partial charge is 0.489 e. The Hall–Kier alpha value is -1.13. The summed E-state index contributed by atoms with van der Waals surface area (Å²) in [7, 11) is 0. The lowest BCUT2D eigenvalue weighted by atomic mass is 9.89. The van der Waals surface area contributed by atoms with Crippen LogP contribution in [0.25, 0.3) is 0 Å². The first-order valence-electron chi connectivity index (χ1n) is 8.08. The van der Waals surface area contributed by atoms with Gasteiger partial charge in [-0.25, -0.2) is 0 Å². The molecule has 0 radical (unpaired) electrons. The molecule has 0 aliphatic carbocycles. The van der Waals surface area contributed by atoms with Crippen molar-refractivity contribution < 1.29 is 9.47 Å². The maximum absolute atomic E-state index is 5.78. The van der Waals surface area contributed by atoms with Crippen molar-refractivity contribution in [1.82, 2.24) is 10.3 Å². The van der Waals surface area contributed by atoms with Crippen LogP contribution >= 0.6 is 0 Å². The molecule has 1 aliphatic heterocycles. The first kappa shape index (κ1) is 16.2. The third-order valence-corrected chi connectivity index (χ3v) is 3.94. The molecule has 4 heteroatoms. The molecule has 1 aromatic rings. The Morgan fingerprint density at radius 3 is 2.86 bits per heavy atom. The quantitative estimate of drug-likeness (QED) is 0.837. The summed E-state index contributed by atoms with van der Waals surface area (Å²) < 4.78 is 11.5. The maximum atomic E-state index is 5.78. The van der Waals surface area contributed by atoms with Crippen molar-refractivity contribution in [2.75, 3.05) is 13.2 Å². The van der Waals surface area contributed by atoms with E-state index < -0.39 is 0 Å². The van der Waals surface area contributed by atoms with Gasteiger partial charge in [0.15, 0.2) is 0 Å². The van der Waals surface area contributed by atoms with Crippen LogP contribution in [0.3, 0.4) is 0 Å². The lowest BCUT2D eigenvalue weighted by Gasteiger charge is -2.27. The van der Waals surface area contributed by atoms with E-state index in [-0.39, 0.29) is 18.2 Å². The van der Waals surface area contributed by atoms with Crippen LogP contribution in [-0.2, 0) is 4.74 Å². The number of aromatic nitrogens is 1. The molecule has 0 spiro atoms. The fourth-order valence-corrected chi connectivity index (χ4v) is 2.94. The van der Waals surface area contributed by atoms with Crippen molar-refractivity contribution in [3.05, 3.63) is 24.0 Å². The first-order chi connectivity index (χ1) is 10.1. The van der Waals surface area contributed by atoms with E-state index in [9.17, 15) is 0 Å². The molecule has 1 fully saturated rings. The Bertz CT molecular complexity index is 437. The highest BCUT2D eigenvalue weighted by atomic mass is 16.5. The van der Waals surface area contributed by atoms with Crippen LogP contribution in [0, 0.1) is 5.92 Å². The minimum Gasteiger partial charge on any atom is -0.489 e. The van der Waals surface area contributed by atoms with E-state index in [1.807, 2.05) is 20.0 Å². The van der Waals surface area contributed by atoms with Crippen LogP contribution in [0.1, 0.15) is 52.1 Å². The summed E-state index contributed by atoms with van der Waals surface area (Å²) in [5, 5.41) is 3.66. The Morgan fingerprint density at radius 1 is 1.43 bits per heavy atom. The number of hydrogen-bond donors (Lipinski definition) is 1. The molecule has 0 saturated carbocycles. The Morgan fingerprint density at radius 2 is 2.24 bits per heavy atom. The van der Waals surface area contributed by atoms with E-state index in [1.165, 1.54) is 5.56 Å². The van der Waals surface area contributed by atoms with Gasteiger partial charge in [0.25, 0.3) is 0 Å². The van der Waals surface area contributed by atoms with Gasteiger partial charge < -0.3 is 14.8 Å². The molecule has 3 unspecified atom stereocenters. The molecule has 118 valence electrons. The van der Waals surface area contributed by atoms with Crippen LogP contribution in [-0.4, -0.2) is 30.3 Å². The molecule has 0 aromatic carbocycles. The van der Waals surface area contributed by atoms with Gasteiger partial charge in [0.05, 0.1) is 18.4 Å². The fourth-order valence-electron chi connectivity index (χ4n) is 2.94. The molecule has 0 bridgehead atoms. The molecule has 1 N–H and O–H groups in total. The Balaban J connectivity index is 2.19. The Labute approximate surface area is 128 Å². The van der Waals surface area contributed by atoms with Gasteiger partial charge in [0.1, 0.15) is 5.75 Å². The summed E-state index contributed by atoms with van der Waals surface area (Å²) in [6, 6.07) is 2.40. The van der Waals surface area contributed by atoms with Crippen molar-refractivity contribution >= 4 is 0 Å². The highest BCUT2D eigenvalue weighted by molar-refractivity contribution is 5.27. The molecular formula is C17H28N2O2. The van der Waals surface area contributed by atoms with Crippen LogP contribution < -0.4 is 10.1 Å². The van der Waals surface area contributed by atoms with Crippen LogP contribution in [0.2, 0.25) is 0 Å². The second-order valence-electron chi connectivity index (χ2n) is 6.08. The number of hydrogen-bond acceptors (Lipinski definition) is 4. The predicted molar refractivity (Wildman–Crippen MR) is 84.6 cm³/mol. The first-order valence-corrected chi connectivity index (χ1v) is 8.08. The monoisotopic (exact) mass is 292 g/mol. The molecule has 1 aromatic heterocycles. The number of pyridine rings is 1. The van der Waals surface area contributed by atoms with E-state index >= 15 is 0 Å². The predicted octanol–water partition coefficient (Wildman–Crippen LogP) is 3.33. The minimum absolute atomic E-state index is 0.165. The zero-order valence-electron chi connectivity index (χ0n) is 13.6. The summed E-state index contributed by atoms with van der Waals surface area (Å²) in [6.07, 6.45) is 6.40. The van der Waals surface area contributed by atoms with Gasteiger partial charge in [-0.1, -0.05) is 6.92 Å². The van der Waals surface area contributed by atoms with Crippen LogP contribution in [0.4, 0.5) is 0 Å². The van der Waals surface area contributed by atoms with E-state index in [0.717, 1.165) is 31.7 Å². The standard InChI is InChI=1S/C17H28N2O2/c1-5-7-19-17(16-6-8-20-13(16)4)14-9-15(11-18-10-14)21-12(2)3/h9-13,16-17,19H,5-8H2,1-4H3. The van der Waals surface area contributed by atoms with Gasteiger partial charge >= 0.3 is 0 Å². The smallest absolute Gasteiger partial charge is 0.138 e. The van der Waals surface area contributed by atoms with Crippen LogP contribution in [0.5, 0.6) is 5.75 Å². The number of rotatable bonds is 7. The number of ether oxygens (including phenoxy) is 2. The molecular weight excluding hydrogens is 264 g/mol.